The lowest BCUT2D eigenvalue weighted by molar-refractivity contribution is 0.598. The Kier molecular flexibility index (Phi) is 3.82. The molecule has 2 aromatic carbocycles. The minimum absolute atomic E-state index is 0.327. The molecule has 0 saturated heterocycles. The van der Waals surface area contributed by atoms with E-state index in [1.165, 1.54) is 6.07 Å². The minimum atomic E-state index is -0.538. The van der Waals surface area contributed by atoms with Gasteiger partial charge in [-0.2, -0.15) is 0 Å². The second kappa shape index (κ2) is 5.17. The van der Waals surface area contributed by atoms with Gasteiger partial charge in [-0.05, 0) is 29.8 Å². The molecular weight excluding hydrogens is 305 g/mol. The highest BCUT2D eigenvalue weighted by atomic mass is 79.9. The van der Waals surface area contributed by atoms with E-state index in [1.54, 1.807) is 30.3 Å². The van der Waals surface area contributed by atoms with Crippen LogP contribution in [0.1, 0.15) is 17.2 Å². The molecule has 0 bridgehead atoms. The van der Waals surface area contributed by atoms with Crippen molar-refractivity contribution in [1.82, 2.24) is 0 Å². The van der Waals surface area contributed by atoms with E-state index in [0.29, 0.717) is 15.1 Å². The molecule has 0 amide bonds. The monoisotopic (exact) mass is 313 g/mol. The molecule has 0 heterocycles. The molecule has 0 aliphatic rings. The fourth-order valence-electron chi connectivity index (χ4n) is 1.67. The normalized spacial score (nSPS) is 12.5. The minimum Gasteiger partial charge on any atom is -0.320 e. The maximum Gasteiger partial charge on any atom is 0.129 e. The summed E-state index contributed by atoms with van der Waals surface area (Å²) in [6.07, 6.45) is 0. The summed E-state index contributed by atoms with van der Waals surface area (Å²) in [7, 11) is 0. The van der Waals surface area contributed by atoms with E-state index < -0.39 is 6.04 Å². The largest absolute Gasteiger partial charge is 0.320 e. The van der Waals surface area contributed by atoms with Crippen LogP contribution in [-0.4, -0.2) is 0 Å². The van der Waals surface area contributed by atoms with Crippen LogP contribution in [0.3, 0.4) is 0 Å². The molecule has 0 fully saturated rings. The summed E-state index contributed by atoms with van der Waals surface area (Å²) in [5.74, 6) is -0.327. The van der Waals surface area contributed by atoms with E-state index >= 15 is 0 Å². The van der Waals surface area contributed by atoms with Crippen molar-refractivity contribution in [3.8, 4) is 0 Å². The zero-order valence-corrected chi connectivity index (χ0v) is 11.2. The average molecular weight is 315 g/mol. The predicted molar refractivity (Wildman–Crippen MR) is 71.6 cm³/mol. The molecule has 2 rings (SSSR count). The molecule has 1 atom stereocenters. The van der Waals surface area contributed by atoms with Gasteiger partial charge in [0.1, 0.15) is 5.82 Å². The van der Waals surface area contributed by atoms with Crippen molar-refractivity contribution in [2.24, 2.45) is 5.73 Å². The van der Waals surface area contributed by atoms with Gasteiger partial charge < -0.3 is 5.73 Å². The van der Waals surface area contributed by atoms with Gasteiger partial charge in [-0.3, -0.25) is 0 Å². The van der Waals surface area contributed by atoms with Crippen LogP contribution in [0.25, 0.3) is 0 Å². The Labute approximate surface area is 113 Å². The highest BCUT2D eigenvalue weighted by Crippen LogP contribution is 2.30. The first-order valence-electron chi connectivity index (χ1n) is 5.04. The van der Waals surface area contributed by atoms with Gasteiger partial charge in [-0.15, -0.1) is 0 Å². The van der Waals surface area contributed by atoms with Gasteiger partial charge in [-0.25, -0.2) is 4.39 Å². The number of benzene rings is 2. The summed E-state index contributed by atoms with van der Waals surface area (Å²) in [6, 6.07) is 11.4. The maximum absolute atomic E-state index is 13.7. The summed E-state index contributed by atoms with van der Waals surface area (Å²) >= 11 is 9.21. The van der Waals surface area contributed by atoms with Gasteiger partial charge in [0.05, 0.1) is 6.04 Å². The molecule has 2 N–H and O–H groups in total. The van der Waals surface area contributed by atoms with Crippen molar-refractivity contribution in [3.63, 3.8) is 0 Å². The number of nitrogens with two attached hydrogens (primary N) is 1. The summed E-state index contributed by atoms with van der Waals surface area (Å²) in [4.78, 5) is 0. The molecule has 88 valence electrons. The number of rotatable bonds is 2. The third-order valence-corrected chi connectivity index (χ3v) is 3.45. The molecule has 4 heteroatoms. The Bertz CT molecular complexity index is 524. The van der Waals surface area contributed by atoms with E-state index in [1.807, 2.05) is 6.07 Å². The van der Waals surface area contributed by atoms with Crippen molar-refractivity contribution in [3.05, 3.63) is 68.9 Å². The van der Waals surface area contributed by atoms with Gasteiger partial charge in [0.15, 0.2) is 0 Å². The first-order valence-corrected chi connectivity index (χ1v) is 6.21. The van der Waals surface area contributed by atoms with Crippen molar-refractivity contribution in [2.45, 2.75) is 6.04 Å². The second-order valence-electron chi connectivity index (χ2n) is 3.67. The Morgan fingerprint density at radius 3 is 2.53 bits per heavy atom. The first kappa shape index (κ1) is 12.6. The first-order chi connectivity index (χ1) is 8.09. The Morgan fingerprint density at radius 1 is 1.18 bits per heavy atom. The molecule has 17 heavy (non-hydrogen) atoms. The molecule has 0 saturated carbocycles. The summed E-state index contributed by atoms with van der Waals surface area (Å²) in [5.41, 5.74) is 7.28. The topological polar surface area (TPSA) is 26.0 Å². The van der Waals surface area contributed by atoms with Crippen LogP contribution in [0.2, 0.25) is 5.02 Å². The summed E-state index contributed by atoms with van der Waals surface area (Å²) < 4.78 is 14.4. The van der Waals surface area contributed by atoms with Crippen molar-refractivity contribution in [1.29, 1.82) is 0 Å². The maximum atomic E-state index is 13.7. The van der Waals surface area contributed by atoms with Gasteiger partial charge >= 0.3 is 0 Å². The zero-order valence-electron chi connectivity index (χ0n) is 8.83. The fourth-order valence-corrected chi connectivity index (χ4v) is 2.46. The zero-order chi connectivity index (χ0) is 12.4. The molecule has 0 aliphatic heterocycles. The molecule has 0 aromatic heterocycles. The van der Waals surface area contributed by atoms with Crippen LogP contribution in [0.15, 0.2) is 46.9 Å². The van der Waals surface area contributed by atoms with E-state index in [-0.39, 0.29) is 5.82 Å². The highest BCUT2D eigenvalue weighted by Gasteiger charge is 2.16. The lowest BCUT2D eigenvalue weighted by atomic mass is 9.99. The van der Waals surface area contributed by atoms with Crippen molar-refractivity contribution in [2.75, 3.05) is 0 Å². The second-order valence-corrected chi connectivity index (χ2v) is 4.96. The van der Waals surface area contributed by atoms with Crippen molar-refractivity contribution < 1.29 is 4.39 Å². The Hall–Kier alpha value is -0.900. The van der Waals surface area contributed by atoms with Crippen LogP contribution in [0, 0.1) is 5.82 Å². The quantitative estimate of drug-likeness (QED) is 0.879. The SMILES string of the molecule is NC(c1cccc(Cl)c1)c1c(F)cccc1Br. The smallest absolute Gasteiger partial charge is 0.129 e. The third kappa shape index (κ3) is 2.68. The molecule has 0 spiro atoms. The number of hydrogen-bond acceptors (Lipinski definition) is 1. The number of halogens is 3. The summed E-state index contributed by atoms with van der Waals surface area (Å²) in [6.45, 7) is 0. The van der Waals surface area contributed by atoms with Crippen LogP contribution in [0.4, 0.5) is 4.39 Å². The third-order valence-electron chi connectivity index (χ3n) is 2.52. The standard InChI is InChI=1S/C13H10BrClFN/c14-10-5-2-6-11(16)12(10)13(17)8-3-1-4-9(15)7-8/h1-7,13H,17H2. The van der Waals surface area contributed by atoms with E-state index in [0.717, 1.165) is 5.56 Å². The number of hydrogen-bond donors (Lipinski definition) is 1. The van der Waals surface area contributed by atoms with E-state index in [2.05, 4.69) is 15.9 Å². The highest BCUT2D eigenvalue weighted by molar-refractivity contribution is 9.10. The fraction of sp³-hybridized carbons (Fsp3) is 0.0769. The molecule has 1 unspecified atom stereocenters. The molecule has 2 aromatic rings. The summed E-state index contributed by atoms with van der Waals surface area (Å²) in [5, 5.41) is 0.588. The van der Waals surface area contributed by atoms with Crippen LogP contribution in [0.5, 0.6) is 0 Å². The molecule has 0 radical (unpaired) electrons. The van der Waals surface area contributed by atoms with Crippen LogP contribution < -0.4 is 5.73 Å². The van der Waals surface area contributed by atoms with Gasteiger partial charge in [0, 0.05) is 15.1 Å². The lowest BCUT2D eigenvalue weighted by Gasteiger charge is -2.15. The molecule has 1 nitrogen and oxygen atoms in total. The predicted octanol–water partition coefficient (Wildman–Crippen LogP) is 4.29. The average Bonchev–Trinajstić information content (AvgIpc) is 2.28. The van der Waals surface area contributed by atoms with E-state index in [9.17, 15) is 4.39 Å². The lowest BCUT2D eigenvalue weighted by Crippen LogP contribution is -2.14. The Morgan fingerprint density at radius 2 is 1.88 bits per heavy atom. The van der Waals surface area contributed by atoms with Crippen LogP contribution in [-0.2, 0) is 0 Å². The molecule has 0 aliphatic carbocycles. The van der Waals surface area contributed by atoms with Gasteiger partial charge in [-0.1, -0.05) is 45.7 Å². The Balaban J connectivity index is 2.47. The van der Waals surface area contributed by atoms with Crippen molar-refractivity contribution >= 4 is 27.5 Å². The van der Waals surface area contributed by atoms with E-state index in [4.69, 9.17) is 17.3 Å². The van der Waals surface area contributed by atoms with Crippen LogP contribution >= 0.6 is 27.5 Å². The van der Waals surface area contributed by atoms with Gasteiger partial charge in [0.2, 0.25) is 0 Å². The van der Waals surface area contributed by atoms with Gasteiger partial charge in [0.25, 0.3) is 0 Å². The molecular formula is C13H10BrClFN.